The predicted molar refractivity (Wildman–Crippen MR) is 87.9 cm³/mol. The Kier molecular flexibility index (Phi) is 9.56. The van der Waals surface area contributed by atoms with Crippen LogP contribution in [0.1, 0.15) is 53.4 Å². The van der Waals surface area contributed by atoms with Crippen molar-refractivity contribution in [2.45, 2.75) is 53.4 Å². The maximum Gasteiger partial charge on any atom is 0.246 e. The molecule has 0 aliphatic heterocycles. The van der Waals surface area contributed by atoms with Gasteiger partial charge < -0.3 is 9.80 Å². The van der Waals surface area contributed by atoms with Gasteiger partial charge in [-0.05, 0) is 39.3 Å². The van der Waals surface area contributed by atoms with Gasteiger partial charge >= 0.3 is 0 Å². The number of amides is 1. The molecule has 0 heterocycles. The quantitative estimate of drug-likeness (QED) is 0.572. The third kappa shape index (κ3) is 7.68. The second-order valence-corrected chi connectivity index (χ2v) is 6.33. The number of rotatable bonds is 10. The maximum absolute atomic E-state index is 12.3. The smallest absolute Gasteiger partial charge is 0.246 e. The molecule has 0 spiro atoms. The molecule has 0 saturated carbocycles. The molecule has 0 N–H and O–H groups in total. The average molecular weight is 282 g/mol. The number of likely N-dealkylation sites (N-methyl/N-ethyl adjacent to an activating group) is 2. The molecule has 3 heteroatoms. The van der Waals surface area contributed by atoms with E-state index in [0.717, 1.165) is 19.6 Å². The van der Waals surface area contributed by atoms with E-state index in [0.29, 0.717) is 0 Å². The molecule has 0 unspecified atom stereocenters. The monoisotopic (exact) mass is 282 g/mol. The first kappa shape index (κ1) is 19.2. The lowest BCUT2D eigenvalue weighted by atomic mass is 9.80. The van der Waals surface area contributed by atoms with E-state index in [2.05, 4.69) is 32.6 Å². The highest BCUT2D eigenvalue weighted by atomic mass is 16.2. The van der Waals surface area contributed by atoms with Crippen LogP contribution in [0.5, 0.6) is 0 Å². The molecule has 0 aliphatic rings. The molecule has 0 aromatic rings. The zero-order valence-corrected chi connectivity index (χ0v) is 14.4. The lowest BCUT2D eigenvalue weighted by Crippen LogP contribution is -2.39. The van der Waals surface area contributed by atoms with Crippen LogP contribution in [0.3, 0.4) is 0 Å². The zero-order chi connectivity index (χ0) is 15.6. The van der Waals surface area contributed by atoms with E-state index >= 15 is 0 Å². The summed E-state index contributed by atoms with van der Waals surface area (Å²) in [5, 5.41) is 0. The van der Waals surface area contributed by atoms with Gasteiger partial charge in [-0.3, -0.25) is 4.79 Å². The first-order valence-corrected chi connectivity index (χ1v) is 7.98. The molecule has 0 saturated heterocycles. The SMILES string of the molecule is CCCC(C)(CCC)CN(CC)C(=O)/C=C/CN(C)C. The highest BCUT2D eigenvalue weighted by Gasteiger charge is 2.26. The van der Waals surface area contributed by atoms with Crippen molar-refractivity contribution < 1.29 is 4.79 Å². The topological polar surface area (TPSA) is 23.6 Å². The second kappa shape index (κ2) is 9.98. The van der Waals surface area contributed by atoms with Gasteiger partial charge in [0.2, 0.25) is 5.91 Å². The van der Waals surface area contributed by atoms with E-state index in [9.17, 15) is 4.79 Å². The van der Waals surface area contributed by atoms with Gasteiger partial charge in [0.05, 0.1) is 0 Å². The minimum Gasteiger partial charge on any atom is -0.339 e. The molecule has 3 nitrogen and oxygen atoms in total. The van der Waals surface area contributed by atoms with Crippen LogP contribution >= 0.6 is 0 Å². The molecule has 0 aliphatic carbocycles. The van der Waals surface area contributed by atoms with E-state index in [4.69, 9.17) is 0 Å². The Bertz CT molecular complexity index is 291. The van der Waals surface area contributed by atoms with Crippen molar-refractivity contribution in [1.82, 2.24) is 9.80 Å². The van der Waals surface area contributed by atoms with Crippen LogP contribution in [0.25, 0.3) is 0 Å². The van der Waals surface area contributed by atoms with Crippen molar-refractivity contribution in [2.24, 2.45) is 5.41 Å². The molecule has 0 rings (SSSR count). The summed E-state index contributed by atoms with van der Waals surface area (Å²) >= 11 is 0. The van der Waals surface area contributed by atoms with Gasteiger partial charge in [-0.1, -0.05) is 39.7 Å². The fourth-order valence-electron chi connectivity index (χ4n) is 2.77. The van der Waals surface area contributed by atoms with Gasteiger partial charge in [0, 0.05) is 25.7 Å². The molecular weight excluding hydrogens is 248 g/mol. The fourth-order valence-corrected chi connectivity index (χ4v) is 2.77. The zero-order valence-electron chi connectivity index (χ0n) is 14.4. The van der Waals surface area contributed by atoms with Gasteiger partial charge in [0.15, 0.2) is 0 Å². The van der Waals surface area contributed by atoms with Gasteiger partial charge in [0.1, 0.15) is 0 Å². The number of hydrogen-bond donors (Lipinski definition) is 0. The fraction of sp³-hybridized carbons (Fsp3) is 0.824. The highest BCUT2D eigenvalue weighted by Crippen LogP contribution is 2.30. The van der Waals surface area contributed by atoms with E-state index in [1.54, 1.807) is 6.08 Å². The van der Waals surface area contributed by atoms with Gasteiger partial charge in [-0.25, -0.2) is 0 Å². The summed E-state index contributed by atoms with van der Waals surface area (Å²) in [4.78, 5) is 16.3. The van der Waals surface area contributed by atoms with Crippen molar-refractivity contribution in [2.75, 3.05) is 33.7 Å². The summed E-state index contributed by atoms with van der Waals surface area (Å²) in [6.07, 6.45) is 8.40. The molecule has 0 bridgehead atoms. The number of carbonyl (C=O) groups excluding carboxylic acids is 1. The van der Waals surface area contributed by atoms with Crippen LogP contribution in [0.4, 0.5) is 0 Å². The molecule has 0 atom stereocenters. The predicted octanol–water partition coefficient (Wildman–Crippen LogP) is 3.56. The van der Waals surface area contributed by atoms with Crippen LogP contribution in [0.15, 0.2) is 12.2 Å². The van der Waals surface area contributed by atoms with Crippen LogP contribution in [0.2, 0.25) is 0 Å². The summed E-state index contributed by atoms with van der Waals surface area (Å²) in [6.45, 7) is 11.3. The van der Waals surface area contributed by atoms with Gasteiger partial charge in [-0.15, -0.1) is 0 Å². The summed E-state index contributed by atoms with van der Waals surface area (Å²) < 4.78 is 0. The van der Waals surface area contributed by atoms with E-state index in [1.165, 1.54) is 25.7 Å². The van der Waals surface area contributed by atoms with E-state index in [1.807, 2.05) is 25.1 Å². The first-order valence-electron chi connectivity index (χ1n) is 7.98. The summed E-state index contributed by atoms with van der Waals surface area (Å²) in [6, 6.07) is 0. The van der Waals surface area contributed by atoms with Crippen LogP contribution in [-0.4, -0.2) is 49.4 Å². The Balaban J connectivity index is 4.64. The largest absolute Gasteiger partial charge is 0.339 e. The summed E-state index contributed by atoms with van der Waals surface area (Å²) in [7, 11) is 4.01. The van der Waals surface area contributed by atoms with Crippen molar-refractivity contribution >= 4 is 5.91 Å². The lowest BCUT2D eigenvalue weighted by Gasteiger charge is -2.34. The minimum atomic E-state index is 0.146. The standard InChI is InChI=1S/C17H34N2O/c1-7-12-17(4,13-8-2)15-19(9-3)16(20)11-10-14-18(5)6/h10-11H,7-9,12-15H2,1-6H3/b11-10+. The normalized spacial score (nSPS) is 12.3. The third-order valence-electron chi connectivity index (χ3n) is 3.70. The van der Waals surface area contributed by atoms with Crippen molar-refractivity contribution in [3.05, 3.63) is 12.2 Å². The molecule has 0 radical (unpaired) electrons. The number of hydrogen-bond acceptors (Lipinski definition) is 2. The van der Waals surface area contributed by atoms with E-state index < -0.39 is 0 Å². The first-order chi connectivity index (χ1) is 9.38. The highest BCUT2D eigenvalue weighted by molar-refractivity contribution is 5.87. The molecule has 20 heavy (non-hydrogen) atoms. The summed E-state index contributed by atoms with van der Waals surface area (Å²) in [5.41, 5.74) is 0.255. The Morgan fingerprint density at radius 2 is 1.65 bits per heavy atom. The second-order valence-electron chi connectivity index (χ2n) is 6.33. The molecule has 0 aromatic carbocycles. The Labute approximate surface area is 126 Å². The van der Waals surface area contributed by atoms with E-state index in [-0.39, 0.29) is 11.3 Å². The molecular formula is C17H34N2O. The number of carbonyl (C=O) groups is 1. The molecule has 118 valence electrons. The van der Waals surface area contributed by atoms with Crippen molar-refractivity contribution in [1.29, 1.82) is 0 Å². The Morgan fingerprint density at radius 1 is 1.10 bits per heavy atom. The third-order valence-corrected chi connectivity index (χ3v) is 3.70. The van der Waals surface area contributed by atoms with Crippen LogP contribution in [-0.2, 0) is 4.79 Å². The van der Waals surface area contributed by atoms with Crippen LogP contribution < -0.4 is 0 Å². The number of nitrogens with zero attached hydrogens (tertiary/aromatic N) is 2. The summed E-state index contributed by atoms with van der Waals surface area (Å²) in [5.74, 6) is 0.146. The minimum absolute atomic E-state index is 0.146. The lowest BCUT2D eigenvalue weighted by molar-refractivity contribution is -0.127. The molecule has 0 fully saturated rings. The van der Waals surface area contributed by atoms with Crippen molar-refractivity contribution in [3.63, 3.8) is 0 Å². The Hall–Kier alpha value is -0.830. The molecule has 0 aromatic heterocycles. The van der Waals surface area contributed by atoms with Crippen molar-refractivity contribution in [3.8, 4) is 0 Å². The molecule has 1 amide bonds. The van der Waals surface area contributed by atoms with Crippen LogP contribution in [0, 0.1) is 5.41 Å². The Morgan fingerprint density at radius 3 is 2.05 bits per heavy atom. The average Bonchev–Trinajstić information content (AvgIpc) is 2.36. The van der Waals surface area contributed by atoms with Gasteiger partial charge in [-0.2, -0.15) is 0 Å². The maximum atomic E-state index is 12.3. The van der Waals surface area contributed by atoms with Gasteiger partial charge in [0.25, 0.3) is 0 Å².